The van der Waals surface area contributed by atoms with Crippen LogP contribution in [0.25, 0.3) is 0 Å². The van der Waals surface area contributed by atoms with E-state index in [1.54, 1.807) is 0 Å². The van der Waals surface area contributed by atoms with Crippen LogP contribution in [0, 0.1) is 0 Å². The van der Waals surface area contributed by atoms with Crippen LogP contribution in [0.3, 0.4) is 0 Å². The third-order valence-corrected chi connectivity index (χ3v) is 0. The van der Waals surface area contributed by atoms with Gasteiger partial charge in [0.05, 0.1) is 0 Å². The van der Waals surface area contributed by atoms with Gasteiger partial charge in [-0.2, -0.15) is 0 Å². The molecule has 0 saturated carbocycles. The first kappa shape index (κ1) is 82.3. The maximum atomic E-state index is 0. The number of hydrogen-bond donors (Lipinski definition) is 0. The molecule has 0 radical (unpaired) electrons. The second kappa shape index (κ2) is 54.0. The van der Waals surface area contributed by atoms with Gasteiger partial charge in [-0.1, -0.05) is 0 Å². The Balaban J connectivity index is 0. The van der Waals surface area contributed by atoms with Crippen molar-refractivity contribution in [1.29, 1.82) is 0 Å². The van der Waals surface area contributed by atoms with Gasteiger partial charge in [-0.25, -0.2) is 0 Å². The normalized spacial score (nSPS) is 0. The summed E-state index contributed by atoms with van der Waals surface area (Å²) in [6, 6.07) is 0. The van der Waals surface area contributed by atoms with E-state index in [1.165, 1.54) is 0 Å². The Hall–Kier alpha value is 2.33. The standard InChI is InChI=1S/5ClH.Zr/h5*1H;/q;;;;;+4/p-4. The summed E-state index contributed by atoms with van der Waals surface area (Å²) in [5.74, 6) is 0. The maximum Gasteiger partial charge on any atom is 4.00 e. The molecule has 0 amide bonds. The Morgan fingerprint density at radius 3 is 0.500 bits per heavy atom. The molecule has 0 aliphatic carbocycles. The van der Waals surface area contributed by atoms with Gasteiger partial charge in [0.1, 0.15) is 0 Å². The van der Waals surface area contributed by atoms with E-state index in [1.807, 2.05) is 0 Å². The van der Waals surface area contributed by atoms with Gasteiger partial charge in [0.25, 0.3) is 0 Å². The van der Waals surface area contributed by atoms with Crippen molar-refractivity contribution in [2.45, 2.75) is 0 Å². The fourth-order valence-electron chi connectivity index (χ4n) is 0. The van der Waals surface area contributed by atoms with E-state index in [0.717, 1.165) is 0 Å². The van der Waals surface area contributed by atoms with Crippen LogP contribution in [0.2, 0.25) is 0 Å². The maximum absolute atomic E-state index is 0. The summed E-state index contributed by atoms with van der Waals surface area (Å²) in [6.07, 6.45) is 0. The molecule has 0 fully saturated rings. The molecule has 40 valence electrons. The number of hydrogen-bond acceptors (Lipinski definition) is 0. The first-order valence-electron chi connectivity index (χ1n) is 0. The fraction of sp³-hybridized carbons (Fsp3) is 0. The molecule has 0 aromatic carbocycles. The third kappa shape index (κ3) is 33.1. The molecule has 0 spiro atoms. The fourth-order valence-corrected chi connectivity index (χ4v) is 0. The Kier molecular flexibility index (Phi) is 741. The molecule has 0 saturated heterocycles. The van der Waals surface area contributed by atoms with Crippen molar-refractivity contribution in [3.8, 4) is 0 Å². The largest absolute Gasteiger partial charge is 4.00 e. The van der Waals surface area contributed by atoms with Crippen LogP contribution in [0.5, 0.6) is 0 Å². The first-order chi connectivity index (χ1) is 0. The Morgan fingerprint density at radius 1 is 0.500 bits per heavy atom. The second-order valence-electron chi connectivity index (χ2n) is 0. The zero-order valence-electron chi connectivity index (χ0n) is 2.42. The molecule has 0 rings (SSSR count). The Morgan fingerprint density at radius 2 is 0.500 bits per heavy atom. The van der Waals surface area contributed by atoms with Crippen LogP contribution >= 0.6 is 12.4 Å². The van der Waals surface area contributed by atoms with E-state index < -0.39 is 0 Å². The average molecular weight is 269 g/mol. The van der Waals surface area contributed by atoms with E-state index in [4.69, 9.17) is 0 Å². The molecule has 0 heterocycles. The predicted octanol–water partition coefficient (Wildman–Crippen LogP) is -11.6. The zero-order chi connectivity index (χ0) is 0. The van der Waals surface area contributed by atoms with Crippen molar-refractivity contribution in [3.05, 3.63) is 0 Å². The summed E-state index contributed by atoms with van der Waals surface area (Å²) in [7, 11) is 0. The first-order valence-corrected chi connectivity index (χ1v) is 0. The predicted molar refractivity (Wildman–Crippen MR) is 7.25 cm³/mol. The monoisotopic (exact) mass is 266 g/mol. The minimum absolute atomic E-state index is 0. The van der Waals surface area contributed by atoms with Gasteiger partial charge < -0.3 is 49.6 Å². The molecule has 0 aliphatic rings. The third-order valence-electron chi connectivity index (χ3n) is 0. The summed E-state index contributed by atoms with van der Waals surface area (Å²) in [5, 5.41) is 0. The van der Waals surface area contributed by atoms with E-state index in [0.29, 0.717) is 0 Å². The van der Waals surface area contributed by atoms with Crippen LogP contribution < -0.4 is 49.6 Å². The Bertz CT molecular complexity index is 3.90. The van der Waals surface area contributed by atoms with Gasteiger partial charge in [0.15, 0.2) is 0 Å². The molecule has 0 bridgehead atoms. The van der Waals surface area contributed by atoms with E-state index in [2.05, 4.69) is 0 Å². The molecule has 0 aromatic heterocycles. The Labute approximate surface area is 87.4 Å². The molecule has 0 nitrogen and oxygen atoms in total. The van der Waals surface area contributed by atoms with Gasteiger partial charge in [-0.3, -0.25) is 0 Å². The van der Waals surface area contributed by atoms with Gasteiger partial charge in [0, 0.05) is 0 Å². The van der Waals surface area contributed by atoms with Crippen LogP contribution in [0.4, 0.5) is 0 Å². The van der Waals surface area contributed by atoms with Crippen LogP contribution in [0.1, 0.15) is 0 Å². The van der Waals surface area contributed by atoms with Crippen molar-refractivity contribution in [2.75, 3.05) is 0 Å². The summed E-state index contributed by atoms with van der Waals surface area (Å²) < 4.78 is 0. The van der Waals surface area contributed by atoms with E-state index in [9.17, 15) is 0 Å². The van der Waals surface area contributed by atoms with Gasteiger partial charge in [0.2, 0.25) is 0 Å². The molecule has 6 heteroatoms. The zero-order valence-corrected chi connectivity index (χ0v) is 8.72. The summed E-state index contributed by atoms with van der Waals surface area (Å²) in [5.41, 5.74) is 0. The van der Waals surface area contributed by atoms with Crippen LogP contribution in [-0.4, -0.2) is 0 Å². The molecule has 0 unspecified atom stereocenters. The van der Waals surface area contributed by atoms with Gasteiger partial charge in [-0.05, 0) is 0 Å². The van der Waals surface area contributed by atoms with Crippen LogP contribution in [-0.2, 0) is 26.2 Å². The summed E-state index contributed by atoms with van der Waals surface area (Å²) >= 11 is 0. The second-order valence-corrected chi connectivity index (χ2v) is 0. The molecular formula is HCl5Zr. The quantitative estimate of drug-likeness (QED) is 0.410. The summed E-state index contributed by atoms with van der Waals surface area (Å²) in [4.78, 5) is 0. The number of halogens is 5. The molecule has 6 heavy (non-hydrogen) atoms. The average Bonchev–Trinajstić information content (AvgIpc) is 0. The van der Waals surface area contributed by atoms with Crippen molar-refractivity contribution < 1.29 is 75.8 Å². The molecular weight excluding hydrogens is 268 g/mol. The molecule has 0 aromatic rings. The number of rotatable bonds is 0. The molecule has 0 atom stereocenters. The van der Waals surface area contributed by atoms with Crippen LogP contribution in [0.15, 0.2) is 0 Å². The SMILES string of the molecule is Cl.[Cl-].[Cl-].[Cl-].[Cl-].[Zr+4]. The minimum Gasteiger partial charge on any atom is -1.00 e. The van der Waals surface area contributed by atoms with Crippen molar-refractivity contribution >= 4 is 12.4 Å². The van der Waals surface area contributed by atoms with E-state index in [-0.39, 0.29) is 88.2 Å². The smallest absolute Gasteiger partial charge is 1.00 e. The van der Waals surface area contributed by atoms with Gasteiger partial charge in [-0.15, -0.1) is 12.4 Å². The minimum atomic E-state index is 0. The molecule has 0 N–H and O–H groups in total. The summed E-state index contributed by atoms with van der Waals surface area (Å²) in [6.45, 7) is 0. The van der Waals surface area contributed by atoms with Crippen molar-refractivity contribution in [3.63, 3.8) is 0 Å². The molecule has 0 aliphatic heterocycles. The topological polar surface area (TPSA) is 0 Å². The van der Waals surface area contributed by atoms with Crippen molar-refractivity contribution in [2.24, 2.45) is 0 Å². The van der Waals surface area contributed by atoms with Gasteiger partial charge >= 0.3 is 26.2 Å². The van der Waals surface area contributed by atoms with E-state index >= 15 is 0 Å². The van der Waals surface area contributed by atoms with Crippen molar-refractivity contribution in [1.82, 2.24) is 0 Å².